The van der Waals surface area contributed by atoms with E-state index in [9.17, 15) is 4.79 Å². The van der Waals surface area contributed by atoms with E-state index in [-0.39, 0.29) is 16.9 Å². The molecule has 1 aliphatic rings. The fourth-order valence-corrected chi connectivity index (χ4v) is 3.69. The molecule has 2 aromatic rings. The molecule has 2 heteroatoms. The minimum Gasteiger partial charge on any atom is -0.350 e. The summed E-state index contributed by atoms with van der Waals surface area (Å²) in [5.41, 5.74) is 4.49. The fourth-order valence-electron chi connectivity index (χ4n) is 3.69. The molecule has 0 aliphatic heterocycles. The Hall–Kier alpha value is -2.09. The molecule has 0 heterocycles. The van der Waals surface area contributed by atoms with Crippen LogP contribution in [0.2, 0.25) is 0 Å². The van der Waals surface area contributed by atoms with Gasteiger partial charge in [0.2, 0.25) is 5.91 Å². The molecule has 21 heavy (non-hydrogen) atoms. The zero-order valence-corrected chi connectivity index (χ0v) is 13.0. The zero-order chi connectivity index (χ0) is 15.3. The molecule has 0 aromatic heterocycles. The van der Waals surface area contributed by atoms with E-state index in [4.69, 9.17) is 0 Å². The standard InChI is InChI=1S/C19H21NO/c1-13(21)20-18(2,3)19(4)16-11-7-5-9-14(16)15-10-6-8-12-17(15)19/h5-12H,1-4H3,(H,20,21). The maximum atomic E-state index is 11.7. The van der Waals surface area contributed by atoms with E-state index in [1.54, 1.807) is 6.92 Å². The van der Waals surface area contributed by atoms with E-state index < -0.39 is 0 Å². The normalized spacial score (nSPS) is 15.2. The predicted octanol–water partition coefficient (Wildman–Crippen LogP) is 3.89. The van der Waals surface area contributed by atoms with E-state index in [1.807, 2.05) is 0 Å². The number of rotatable bonds is 2. The highest BCUT2D eigenvalue weighted by molar-refractivity contribution is 5.83. The second kappa shape index (κ2) is 4.45. The monoisotopic (exact) mass is 279 g/mol. The van der Waals surface area contributed by atoms with Crippen molar-refractivity contribution in [1.82, 2.24) is 5.32 Å². The minimum absolute atomic E-state index is 0.00286. The highest BCUT2D eigenvalue weighted by Crippen LogP contribution is 2.53. The summed E-state index contributed by atoms with van der Waals surface area (Å²) in [6, 6.07) is 17.0. The van der Waals surface area contributed by atoms with Crippen molar-refractivity contribution in [2.75, 3.05) is 0 Å². The van der Waals surface area contributed by atoms with Crippen molar-refractivity contribution in [3.63, 3.8) is 0 Å². The number of amides is 1. The molecule has 1 aliphatic carbocycles. The average molecular weight is 279 g/mol. The summed E-state index contributed by atoms with van der Waals surface area (Å²) in [6.45, 7) is 8.02. The summed E-state index contributed by atoms with van der Waals surface area (Å²) in [4.78, 5) is 11.7. The van der Waals surface area contributed by atoms with Gasteiger partial charge in [-0.15, -0.1) is 0 Å². The van der Waals surface area contributed by atoms with Crippen LogP contribution in [0.4, 0.5) is 0 Å². The number of fused-ring (bicyclic) bond motifs is 3. The number of carbonyl (C=O) groups excluding carboxylic acids is 1. The molecule has 108 valence electrons. The van der Waals surface area contributed by atoms with Crippen molar-refractivity contribution in [2.45, 2.75) is 38.6 Å². The van der Waals surface area contributed by atoms with Crippen molar-refractivity contribution in [1.29, 1.82) is 0 Å². The summed E-state index contributed by atoms with van der Waals surface area (Å²) in [6.07, 6.45) is 0. The van der Waals surface area contributed by atoms with E-state index in [2.05, 4.69) is 74.6 Å². The van der Waals surface area contributed by atoms with Gasteiger partial charge >= 0.3 is 0 Å². The van der Waals surface area contributed by atoms with Gasteiger partial charge in [0.05, 0.1) is 0 Å². The van der Waals surface area contributed by atoms with Gasteiger partial charge in [-0.2, -0.15) is 0 Å². The van der Waals surface area contributed by atoms with Crippen molar-refractivity contribution in [2.24, 2.45) is 0 Å². The third-order valence-electron chi connectivity index (χ3n) is 4.96. The third kappa shape index (κ3) is 1.82. The number of nitrogens with one attached hydrogen (secondary N) is 1. The van der Waals surface area contributed by atoms with E-state index in [0.29, 0.717) is 0 Å². The first-order valence-corrected chi connectivity index (χ1v) is 7.36. The Morgan fingerprint density at radius 1 is 0.952 bits per heavy atom. The zero-order valence-electron chi connectivity index (χ0n) is 13.0. The molecule has 0 saturated heterocycles. The summed E-state index contributed by atoms with van der Waals surface area (Å²) in [5.74, 6) is 0.00286. The van der Waals surface area contributed by atoms with E-state index >= 15 is 0 Å². The predicted molar refractivity (Wildman–Crippen MR) is 86.2 cm³/mol. The Balaban J connectivity index is 2.29. The van der Waals surface area contributed by atoms with Crippen LogP contribution in [0.3, 0.4) is 0 Å². The Morgan fingerprint density at radius 3 is 1.81 bits per heavy atom. The first-order chi connectivity index (χ1) is 9.88. The first kappa shape index (κ1) is 13.9. The SMILES string of the molecule is CC(=O)NC(C)(C)C1(C)c2ccccc2-c2ccccc21. The molecule has 0 radical (unpaired) electrons. The van der Waals surface area contributed by atoms with Crippen LogP contribution in [-0.4, -0.2) is 11.4 Å². The summed E-state index contributed by atoms with van der Waals surface area (Å²) in [7, 11) is 0. The lowest BCUT2D eigenvalue weighted by atomic mass is 9.66. The van der Waals surface area contributed by atoms with Crippen molar-refractivity contribution >= 4 is 5.91 Å². The number of hydrogen-bond acceptors (Lipinski definition) is 1. The maximum Gasteiger partial charge on any atom is 0.217 e. The van der Waals surface area contributed by atoms with E-state index in [0.717, 1.165) is 0 Å². The average Bonchev–Trinajstić information content (AvgIpc) is 2.70. The van der Waals surface area contributed by atoms with Gasteiger partial charge in [0, 0.05) is 17.9 Å². The molecule has 0 unspecified atom stereocenters. The molecular weight excluding hydrogens is 258 g/mol. The third-order valence-corrected chi connectivity index (χ3v) is 4.96. The first-order valence-electron chi connectivity index (χ1n) is 7.36. The Morgan fingerprint density at radius 2 is 1.38 bits per heavy atom. The van der Waals surface area contributed by atoms with Crippen LogP contribution >= 0.6 is 0 Å². The molecule has 0 atom stereocenters. The lowest BCUT2D eigenvalue weighted by Gasteiger charge is -2.43. The Bertz CT molecular complexity index is 670. The number of hydrogen-bond donors (Lipinski definition) is 1. The lowest BCUT2D eigenvalue weighted by Crippen LogP contribution is -2.56. The van der Waals surface area contributed by atoms with Gasteiger partial charge in [-0.25, -0.2) is 0 Å². The van der Waals surface area contributed by atoms with Gasteiger partial charge in [0.1, 0.15) is 0 Å². The molecular formula is C19H21NO. The summed E-state index contributed by atoms with van der Waals surface area (Å²) >= 11 is 0. The number of benzene rings is 2. The van der Waals surface area contributed by atoms with Crippen LogP contribution in [0, 0.1) is 0 Å². The van der Waals surface area contributed by atoms with Crippen LogP contribution in [0.15, 0.2) is 48.5 Å². The van der Waals surface area contributed by atoms with Gasteiger partial charge in [0.15, 0.2) is 0 Å². The van der Waals surface area contributed by atoms with Crippen LogP contribution < -0.4 is 5.32 Å². The molecule has 0 bridgehead atoms. The van der Waals surface area contributed by atoms with Crippen LogP contribution in [0.25, 0.3) is 11.1 Å². The van der Waals surface area contributed by atoms with Crippen molar-refractivity contribution in [3.05, 3.63) is 59.7 Å². The van der Waals surface area contributed by atoms with Crippen molar-refractivity contribution < 1.29 is 4.79 Å². The smallest absolute Gasteiger partial charge is 0.217 e. The van der Waals surface area contributed by atoms with Gasteiger partial charge in [-0.1, -0.05) is 48.5 Å². The highest BCUT2D eigenvalue weighted by atomic mass is 16.1. The van der Waals surface area contributed by atoms with Gasteiger partial charge < -0.3 is 5.32 Å². The maximum absolute atomic E-state index is 11.7. The molecule has 0 fully saturated rings. The highest BCUT2D eigenvalue weighted by Gasteiger charge is 2.49. The quantitative estimate of drug-likeness (QED) is 0.888. The van der Waals surface area contributed by atoms with Gasteiger partial charge in [-0.05, 0) is 43.0 Å². The van der Waals surface area contributed by atoms with Gasteiger partial charge in [0.25, 0.3) is 0 Å². The molecule has 0 spiro atoms. The molecule has 3 rings (SSSR count). The molecule has 2 aromatic carbocycles. The Kier molecular flexibility index (Phi) is 2.94. The topological polar surface area (TPSA) is 29.1 Å². The lowest BCUT2D eigenvalue weighted by molar-refractivity contribution is -0.121. The molecule has 1 amide bonds. The second-order valence-corrected chi connectivity index (χ2v) is 6.52. The summed E-state index contributed by atoms with van der Waals surface area (Å²) < 4.78 is 0. The minimum atomic E-state index is -0.373. The van der Waals surface area contributed by atoms with Crippen LogP contribution in [0.5, 0.6) is 0 Å². The van der Waals surface area contributed by atoms with E-state index in [1.165, 1.54) is 22.3 Å². The molecule has 0 saturated carbocycles. The number of carbonyl (C=O) groups is 1. The van der Waals surface area contributed by atoms with Crippen LogP contribution in [0.1, 0.15) is 38.8 Å². The Labute approximate surface area is 126 Å². The summed E-state index contributed by atoms with van der Waals surface area (Å²) in [5, 5.41) is 3.14. The molecule has 1 N–H and O–H groups in total. The van der Waals surface area contributed by atoms with Crippen LogP contribution in [-0.2, 0) is 10.2 Å². The van der Waals surface area contributed by atoms with Crippen molar-refractivity contribution in [3.8, 4) is 11.1 Å². The fraction of sp³-hybridized carbons (Fsp3) is 0.316. The molecule has 2 nitrogen and oxygen atoms in total. The second-order valence-electron chi connectivity index (χ2n) is 6.52. The largest absolute Gasteiger partial charge is 0.350 e. The van der Waals surface area contributed by atoms with Gasteiger partial charge in [-0.3, -0.25) is 4.79 Å².